The largest absolute Gasteiger partial charge is 0.491 e. The number of amides is 1. The second-order valence-corrected chi connectivity index (χ2v) is 4.76. The van der Waals surface area contributed by atoms with Gasteiger partial charge in [0, 0.05) is 6.54 Å². The van der Waals surface area contributed by atoms with E-state index in [1.807, 2.05) is 19.1 Å². The van der Waals surface area contributed by atoms with E-state index in [1.165, 1.54) is 0 Å². The van der Waals surface area contributed by atoms with Crippen molar-refractivity contribution in [2.75, 3.05) is 18.9 Å². The average molecular weight is 266 g/mol. The number of hydrogen-bond acceptors (Lipinski definition) is 4. The first-order chi connectivity index (χ1) is 8.94. The molecule has 4 N–H and O–H groups in total. The molecule has 0 heterocycles. The van der Waals surface area contributed by atoms with E-state index in [0.29, 0.717) is 17.9 Å². The highest BCUT2D eigenvalue weighted by Crippen LogP contribution is 2.19. The first-order valence-electron chi connectivity index (χ1n) is 6.41. The van der Waals surface area contributed by atoms with Crippen LogP contribution in [-0.4, -0.2) is 29.8 Å². The van der Waals surface area contributed by atoms with Gasteiger partial charge in [0.05, 0.1) is 24.3 Å². The van der Waals surface area contributed by atoms with E-state index in [-0.39, 0.29) is 25.5 Å². The number of nitrogens with two attached hydrogens (primary N) is 1. The Morgan fingerprint density at radius 3 is 2.79 bits per heavy atom. The summed E-state index contributed by atoms with van der Waals surface area (Å²) in [5.41, 5.74) is 5.40. The number of ether oxygens (including phenoxy) is 1. The number of carbonyl (C=O) groups excluding carboxylic acids is 1. The van der Waals surface area contributed by atoms with Crippen LogP contribution in [0.4, 0.5) is 5.69 Å². The van der Waals surface area contributed by atoms with Gasteiger partial charge in [0.25, 0.3) is 0 Å². The Balaban J connectivity index is 2.26. The highest BCUT2D eigenvalue weighted by molar-refractivity contribution is 5.76. The van der Waals surface area contributed by atoms with Crippen LogP contribution in [0.25, 0.3) is 0 Å². The van der Waals surface area contributed by atoms with Crippen molar-refractivity contribution in [2.24, 2.45) is 0 Å². The summed E-state index contributed by atoms with van der Waals surface area (Å²) in [5, 5.41) is 12.4. The Kier molecular flexibility index (Phi) is 5.63. The molecule has 0 aromatic heterocycles. The summed E-state index contributed by atoms with van der Waals surface area (Å²) in [5.74, 6) is 0.430. The standard InChI is InChI=1S/C14H22N2O3/c1-3-14(2,18)10-16-13(17)8-9-19-12-7-5-4-6-11(12)15/h4-7,18H,3,8-10,15H2,1-2H3,(H,16,17). The lowest BCUT2D eigenvalue weighted by molar-refractivity contribution is -0.122. The van der Waals surface area contributed by atoms with Crippen LogP contribution < -0.4 is 15.8 Å². The van der Waals surface area contributed by atoms with E-state index in [4.69, 9.17) is 10.5 Å². The number of benzene rings is 1. The van der Waals surface area contributed by atoms with Gasteiger partial charge in [-0.3, -0.25) is 4.79 Å². The van der Waals surface area contributed by atoms with Gasteiger partial charge < -0.3 is 20.9 Å². The zero-order valence-corrected chi connectivity index (χ0v) is 11.5. The molecule has 1 unspecified atom stereocenters. The summed E-state index contributed by atoms with van der Waals surface area (Å²) in [4.78, 5) is 11.5. The van der Waals surface area contributed by atoms with Crippen molar-refractivity contribution < 1.29 is 14.6 Å². The summed E-state index contributed by atoms with van der Waals surface area (Å²) < 4.78 is 5.42. The molecule has 0 saturated heterocycles. The zero-order valence-electron chi connectivity index (χ0n) is 11.5. The molecule has 0 aliphatic rings. The molecular formula is C14H22N2O3. The minimum atomic E-state index is -0.861. The topological polar surface area (TPSA) is 84.6 Å². The van der Waals surface area contributed by atoms with Crippen molar-refractivity contribution in [3.05, 3.63) is 24.3 Å². The molecule has 1 aromatic rings. The van der Waals surface area contributed by atoms with E-state index < -0.39 is 5.60 Å². The first kappa shape index (κ1) is 15.3. The molecule has 0 spiro atoms. The van der Waals surface area contributed by atoms with Crippen LogP contribution in [0.3, 0.4) is 0 Å². The highest BCUT2D eigenvalue weighted by atomic mass is 16.5. The van der Waals surface area contributed by atoms with Gasteiger partial charge in [0.1, 0.15) is 5.75 Å². The van der Waals surface area contributed by atoms with Crippen molar-refractivity contribution in [3.63, 3.8) is 0 Å². The molecule has 106 valence electrons. The van der Waals surface area contributed by atoms with Gasteiger partial charge >= 0.3 is 0 Å². The van der Waals surface area contributed by atoms with Gasteiger partial charge in [0.15, 0.2) is 0 Å². The summed E-state index contributed by atoms with van der Waals surface area (Å²) in [6.45, 7) is 4.06. The van der Waals surface area contributed by atoms with Crippen molar-refractivity contribution in [1.82, 2.24) is 5.32 Å². The Morgan fingerprint density at radius 1 is 1.47 bits per heavy atom. The van der Waals surface area contributed by atoms with Gasteiger partial charge in [-0.2, -0.15) is 0 Å². The van der Waals surface area contributed by atoms with Crippen LogP contribution in [-0.2, 0) is 4.79 Å². The second kappa shape index (κ2) is 6.99. The van der Waals surface area contributed by atoms with Crippen LogP contribution in [0.5, 0.6) is 5.75 Å². The molecule has 0 bridgehead atoms. The van der Waals surface area contributed by atoms with E-state index in [9.17, 15) is 9.90 Å². The number of anilines is 1. The van der Waals surface area contributed by atoms with Crippen molar-refractivity contribution in [1.29, 1.82) is 0 Å². The molecule has 1 atom stereocenters. The molecular weight excluding hydrogens is 244 g/mol. The third-order valence-corrected chi connectivity index (χ3v) is 2.93. The first-order valence-corrected chi connectivity index (χ1v) is 6.41. The van der Waals surface area contributed by atoms with Crippen LogP contribution in [0, 0.1) is 0 Å². The molecule has 1 aromatic carbocycles. The summed E-state index contributed by atoms with van der Waals surface area (Å²) >= 11 is 0. The van der Waals surface area contributed by atoms with Crippen molar-refractivity contribution in [2.45, 2.75) is 32.3 Å². The van der Waals surface area contributed by atoms with Crippen LogP contribution in [0.2, 0.25) is 0 Å². The zero-order chi connectivity index (χ0) is 14.3. The third kappa shape index (κ3) is 5.61. The van der Waals surface area contributed by atoms with E-state index >= 15 is 0 Å². The third-order valence-electron chi connectivity index (χ3n) is 2.93. The van der Waals surface area contributed by atoms with Crippen LogP contribution in [0.15, 0.2) is 24.3 Å². The number of hydrogen-bond donors (Lipinski definition) is 3. The fourth-order valence-electron chi connectivity index (χ4n) is 1.37. The number of para-hydroxylation sites is 2. The summed E-state index contributed by atoms with van der Waals surface area (Å²) in [6, 6.07) is 7.15. The molecule has 0 aliphatic heterocycles. The number of nitrogens with one attached hydrogen (secondary N) is 1. The average Bonchev–Trinajstić information content (AvgIpc) is 2.39. The van der Waals surface area contributed by atoms with Gasteiger partial charge in [-0.1, -0.05) is 19.1 Å². The van der Waals surface area contributed by atoms with Gasteiger partial charge in [-0.25, -0.2) is 0 Å². The summed E-state index contributed by atoms with van der Waals surface area (Å²) in [7, 11) is 0. The monoisotopic (exact) mass is 266 g/mol. The molecule has 19 heavy (non-hydrogen) atoms. The molecule has 0 fully saturated rings. The number of nitrogen functional groups attached to an aromatic ring is 1. The minimum absolute atomic E-state index is 0.150. The Labute approximate surface area is 113 Å². The molecule has 0 radical (unpaired) electrons. The summed E-state index contributed by atoms with van der Waals surface area (Å²) in [6.07, 6.45) is 0.818. The molecule has 5 nitrogen and oxygen atoms in total. The molecule has 0 saturated carbocycles. The van der Waals surface area contributed by atoms with Gasteiger partial charge in [-0.15, -0.1) is 0 Å². The second-order valence-electron chi connectivity index (χ2n) is 4.76. The Hall–Kier alpha value is -1.75. The lowest BCUT2D eigenvalue weighted by Gasteiger charge is -2.21. The number of aliphatic hydroxyl groups is 1. The molecule has 5 heteroatoms. The highest BCUT2D eigenvalue weighted by Gasteiger charge is 2.18. The maximum Gasteiger partial charge on any atom is 0.223 e. The SMILES string of the molecule is CCC(C)(O)CNC(=O)CCOc1ccccc1N. The molecule has 1 amide bonds. The lowest BCUT2D eigenvalue weighted by atomic mass is 10.0. The van der Waals surface area contributed by atoms with E-state index in [0.717, 1.165) is 0 Å². The van der Waals surface area contributed by atoms with Crippen molar-refractivity contribution >= 4 is 11.6 Å². The molecule has 0 aliphatic carbocycles. The van der Waals surface area contributed by atoms with E-state index in [1.54, 1.807) is 19.1 Å². The Morgan fingerprint density at radius 2 is 2.16 bits per heavy atom. The maximum absolute atomic E-state index is 11.5. The Bertz CT molecular complexity index is 419. The predicted octanol–water partition coefficient (Wildman–Crippen LogP) is 1.31. The lowest BCUT2D eigenvalue weighted by Crippen LogP contribution is -2.40. The number of rotatable bonds is 7. The maximum atomic E-state index is 11.5. The van der Waals surface area contributed by atoms with Crippen molar-refractivity contribution in [3.8, 4) is 5.75 Å². The molecule has 1 rings (SSSR count). The fraction of sp³-hybridized carbons (Fsp3) is 0.500. The minimum Gasteiger partial charge on any atom is -0.491 e. The van der Waals surface area contributed by atoms with Crippen LogP contribution >= 0.6 is 0 Å². The van der Waals surface area contributed by atoms with E-state index in [2.05, 4.69) is 5.32 Å². The quantitative estimate of drug-likeness (QED) is 0.650. The van der Waals surface area contributed by atoms with Crippen LogP contribution in [0.1, 0.15) is 26.7 Å². The smallest absolute Gasteiger partial charge is 0.223 e. The van der Waals surface area contributed by atoms with Gasteiger partial charge in [0.2, 0.25) is 5.91 Å². The normalized spacial score (nSPS) is 13.6. The predicted molar refractivity (Wildman–Crippen MR) is 74.9 cm³/mol. The fourth-order valence-corrected chi connectivity index (χ4v) is 1.37. The van der Waals surface area contributed by atoms with Gasteiger partial charge in [-0.05, 0) is 25.5 Å². The number of carbonyl (C=O) groups is 1.